The molecule has 3 aromatic rings. The summed E-state index contributed by atoms with van der Waals surface area (Å²) in [6.45, 7) is 6.48. The Kier molecular flexibility index (Phi) is 9.85. The molecule has 0 radical (unpaired) electrons. The average Bonchev–Trinajstić information content (AvgIpc) is 2.96. The fourth-order valence-electron chi connectivity index (χ4n) is 4.69. The SMILES string of the molecule is Cc1nc(OCC(=O)N(C)C2CCN(CCc3ccccc3)CC2)nc(C)c1NC(=O)OCc1ccccc1. The molecule has 0 saturated carbocycles. The molecule has 1 aromatic heterocycles. The Morgan fingerprint density at radius 2 is 1.54 bits per heavy atom. The number of carbonyl (C=O) groups is 2. The largest absolute Gasteiger partial charge is 0.453 e. The predicted octanol–water partition coefficient (Wildman–Crippen LogP) is 4.39. The minimum Gasteiger partial charge on any atom is -0.453 e. The van der Waals surface area contributed by atoms with Crippen molar-refractivity contribution in [3.05, 3.63) is 83.2 Å². The van der Waals surface area contributed by atoms with Crippen LogP contribution >= 0.6 is 0 Å². The van der Waals surface area contributed by atoms with E-state index >= 15 is 0 Å². The van der Waals surface area contributed by atoms with Crippen molar-refractivity contribution in [2.75, 3.05) is 38.6 Å². The highest BCUT2D eigenvalue weighted by Gasteiger charge is 2.26. The van der Waals surface area contributed by atoms with Crippen molar-refractivity contribution in [1.29, 1.82) is 0 Å². The van der Waals surface area contributed by atoms with Crippen LogP contribution in [0.3, 0.4) is 0 Å². The number of piperidine rings is 1. The number of hydrogen-bond donors (Lipinski definition) is 1. The molecule has 0 atom stereocenters. The lowest BCUT2D eigenvalue weighted by Gasteiger charge is -2.36. The molecule has 0 aliphatic carbocycles. The summed E-state index contributed by atoms with van der Waals surface area (Å²) < 4.78 is 10.9. The van der Waals surface area contributed by atoms with Gasteiger partial charge >= 0.3 is 12.1 Å². The topological polar surface area (TPSA) is 96.9 Å². The van der Waals surface area contributed by atoms with Crippen molar-refractivity contribution in [3.63, 3.8) is 0 Å². The number of hydrogen-bond acceptors (Lipinski definition) is 7. The minimum absolute atomic E-state index is 0.102. The number of benzene rings is 2. The van der Waals surface area contributed by atoms with Crippen LogP contribution in [0.15, 0.2) is 60.7 Å². The van der Waals surface area contributed by atoms with E-state index in [1.165, 1.54) is 5.56 Å². The molecule has 1 saturated heterocycles. The van der Waals surface area contributed by atoms with Gasteiger partial charge < -0.3 is 19.3 Å². The normalized spacial score (nSPS) is 14.0. The Hall–Kier alpha value is -3.98. The van der Waals surface area contributed by atoms with E-state index in [9.17, 15) is 9.59 Å². The monoisotopic (exact) mass is 531 g/mol. The molecule has 1 fully saturated rings. The summed E-state index contributed by atoms with van der Waals surface area (Å²) in [7, 11) is 1.83. The second kappa shape index (κ2) is 13.7. The van der Waals surface area contributed by atoms with Gasteiger partial charge in [0.2, 0.25) is 0 Å². The van der Waals surface area contributed by atoms with Gasteiger partial charge in [-0.3, -0.25) is 10.1 Å². The third kappa shape index (κ3) is 8.25. The predicted molar refractivity (Wildman–Crippen MR) is 150 cm³/mol. The zero-order valence-electron chi connectivity index (χ0n) is 22.9. The number of likely N-dealkylation sites (tertiary alicyclic amines) is 1. The van der Waals surface area contributed by atoms with E-state index in [4.69, 9.17) is 9.47 Å². The van der Waals surface area contributed by atoms with Crippen LogP contribution in [0.2, 0.25) is 0 Å². The number of amides is 2. The fourth-order valence-corrected chi connectivity index (χ4v) is 4.69. The summed E-state index contributed by atoms with van der Waals surface area (Å²) >= 11 is 0. The molecule has 9 heteroatoms. The quantitative estimate of drug-likeness (QED) is 0.415. The number of nitrogens with zero attached hydrogens (tertiary/aromatic N) is 4. The van der Waals surface area contributed by atoms with Crippen LogP contribution < -0.4 is 10.1 Å². The van der Waals surface area contributed by atoms with E-state index in [1.807, 2.05) is 43.4 Å². The van der Waals surface area contributed by atoms with Gasteiger partial charge in [-0.15, -0.1) is 0 Å². The first-order valence-corrected chi connectivity index (χ1v) is 13.4. The number of likely N-dealkylation sites (N-methyl/N-ethyl adjacent to an activating group) is 1. The van der Waals surface area contributed by atoms with E-state index in [-0.39, 0.29) is 31.2 Å². The smallest absolute Gasteiger partial charge is 0.412 e. The molecule has 0 bridgehead atoms. The molecule has 4 rings (SSSR count). The maximum Gasteiger partial charge on any atom is 0.412 e. The van der Waals surface area contributed by atoms with Crippen LogP contribution in [0.1, 0.15) is 35.4 Å². The number of nitrogens with one attached hydrogen (secondary N) is 1. The van der Waals surface area contributed by atoms with Gasteiger partial charge in [0, 0.05) is 32.7 Å². The van der Waals surface area contributed by atoms with Crippen molar-refractivity contribution in [1.82, 2.24) is 19.8 Å². The van der Waals surface area contributed by atoms with Gasteiger partial charge in [-0.1, -0.05) is 60.7 Å². The number of anilines is 1. The van der Waals surface area contributed by atoms with Crippen molar-refractivity contribution >= 4 is 17.7 Å². The zero-order chi connectivity index (χ0) is 27.6. The highest BCUT2D eigenvalue weighted by molar-refractivity contribution is 5.86. The van der Waals surface area contributed by atoms with E-state index in [2.05, 4.69) is 44.5 Å². The van der Waals surface area contributed by atoms with Gasteiger partial charge in [-0.05, 0) is 44.2 Å². The van der Waals surface area contributed by atoms with Crippen LogP contribution in [-0.2, 0) is 22.6 Å². The van der Waals surface area contributed by atoms with Gasteiger partial charge in [-0.2, -0.15) is 9.97 Å². The van der Waals surface area contributed by atoms with Gasteiger partial charge in [0.15, 0.2) is 6.61 Å². The number of ether oxygens (including phenoxy) is 2. The number of carbonyl (C=O) groups excluding carboxylic acids is 2. The van der Waals surface area contributed by atoms with Crippen LogP contribution in [0, 0.1) is 13.8 Å². The van der Waals surface area contributed by atoms with E-state index < -0.39 is 6.09 Å². The molecule has 0 spiro atoms. The second-order valence-electron chi connectivity index (χ2n) is 9.84. The Balaban J connectivity index is 1.21. The molecule has 0 unspecified atom stereocenters. The Bertz CT molecular complexity index is 1210. The molecule has 2 heterocycles. The van der Waals surface area contributed by atoms with Crippen molar-refractivity contribution in [2.24, 2.45) is 0 Å². The van der Waals surface area contributed by atoms with Crippen LogP contribution in [-0.4, -0.2) is 71.1 Å². The molecule has 1 aliphatic heterocycles. The summed E-state index contributed by atoms with van der Waals surface area (Å²) in [5.74, 6) is -0.108. The molecule has 39 heavy (non-hydrogen) atoms. The third-order valence-electron chi connectivity index (χ3n) is 7.07. The van der Waals surface area contributed by atoms with Gasteiger partial charge in [0.1, 0.15) is 6.61 Å². The summed E-state index contributed by atoms with van der Waals surface area (Å²) in [6, 6.07) is 20.3. The van der Waals surface area contributed by atoms with E-state index in [0.717, 1.165) is 44.5 Å². The maximum atomic E-state index is 12.8. The fraction of sp³-hybridized carbons (Fsp3) is 0.400. The number of aryl methyl sites for hydroxylation is 2. The van der Waals surface area contributed by atoms with E-state index in [0.29, 0.717) is 17.1 Å². The first kappa shape index (κ1) is 28.0. The lowest BCUT2D eigenvalue weighted by atomic mass is 10.0. The molecular weight excluding hydrogens is 494 g/mol. The van der Waals surface area contributed by atoms with Gasteiger partial charge in [0.05, 0.1) is 17.1 Å². The molecule has 1 N–H and O–H groups in total. The summed E-state index contributed by atoms with van der Waals surface area (Å²) in [4.78, 5) is 38.0. The number of aromatic nitrogens is 2. The molecule has 2 amide bonds. The first-order chi connectivity index (χ1) is 18.9. The van der Waals surface area contributed by atoms with Crippen LogP contribution in [0.5, 0.6) is 6.01 Å². The Morgan fingerprint density at radius 1 is 0.949 bits per heavy atom. The average molecular weight is 532 g/mol. The molecule has 1 aliphatic rings. The zero-order valence-corrected chi connectivity index (χ0v) is 22.9. The summed E-state index contributed by atoms with van der Waals surface area (Å²) in [5, 5.41) is 2.70. The second-order valence-corrected chi connectivity index (χ2v) is 9.84. The van der Waals surface area contributed by atoms with Crippen LogP contribution in [0.4, 0.5) is 10.5 Å². The van der Waals surface area contributed by atoms with Crippen molar-refractivity contribution in [2.45, 2.75) is 45.8 Å². The van der Waals surface area contributed by atoms with Gasteiger partial charge in [0.25, 0.3) is 5.91 Å². The Labute approximate surface area is 230 Å². The standard InChI is InChI=1S/C30H37N5O4/c1-22-28(33-30(37)39-20-25-12-8-5-9-13-25)23(2)32-29(31-22)38-21-27(36)34(3)26-15-18-35(19-16-26)17-14-24-10-6-4-7-11-24/h4-13,26H,14-21H2,1-3H3,(H,33,37). The molecular formula is C30H37N5O4. The Morgan fingerprint density at radius 3 is 2.15 bits per heavy atom. The molecule has 206 valence electrons. The summed E-state index contributed by atoms with van der Waals surface area (Å²) in [5.41, 5.74) is 3.76. The highest BCUT2D eigenvalue weighted by Crippen LogP contribution is 2.21. The minimum atomic E-state index is -0.592. The molecule has 2 aromatic carbocycles. The van der Waals surface area contributed by atoms with Crippen LogP contribution in [0.25, 0.3) is 0 Å². The lowest BCUT2D eigenvalue weighted by Crippen LogP contribution is -2.47. The van der Waals surface area contributed by atoms with E-state index in [1.54, 1.807) is 18.7 Å². The lowest BCUT2D eigenvalue weighted by molar-refractivity contribution is -0.135. The molecule has 9 nitrogen and oxygen atoms in total. The summed E-state index contributed by atoms with van der Waals surface area (Å²) in [6.07, 6.45) is 2.32. The van der Waals surface area contributed by atoms with Crippen molar-refractivity contribution < 1.29 is 19.1 Å². The van der Waals surface area contributed by atoms with Gasteiger partial charge in [-0.25, -0.2) is 4.79 Å². The highest BCUT2D eigenvalue weighted by atomic mass is 16.5. The third-order valence-corrected chi connectivity index (χ3v) is 7.07. The first-order valence-electron chi connectivity index (χ1n) is 13.4. The maximum absolute atomic E-state index is 12.8. The van der Waals surface area contributed by atoms with Crippen molar-refractivity contribution in [3.8, 4) is 6.01 Å². The number of rotatable bonds is 10.